The molecular formula is C19H16. The molecule has 92 valence electrons. The number of fused-ring (bicyclic) bond motifs is 1. The van der Waals surface area contributed by atoms with Crippen LogP contribution in [0.2, 0.25) is 0 Å². The van der Waals surface area contributed by atoms with Crippen molar-refractivity contribution in [3.8, 4) is 11.1 Å². The average Bonchev–Trinajstić information content (AvgIpc) is 3.28. The first-order chi connectivity index (χ1) is 9.42. The van der Waals surface area contributed by atoms with E-state index in [9.17, 15) is 0 Å². The number of benzene rings is 2. The lowest BCUT2D eigenvalue weighted by Crippen LogP contribution is -1.92. The van der Waals surface area contributed by atoms with Crippen molar-refractivity contribution in [3.63, 3.8) is 0 Å². The van der Waals surface area contributed by atoms with Crippen LogP contribution >= 0.6 is 0 Å². The Kier molecular flexibility index (Phi) is 2.41. The Morgan fingerprint density at radius 3 is 2.21 bits per heavy atom. The van der Waals surface area contributed by atoms with E-state index in [1.54, 1.807) is 0 Å². The van der Waals surface area contributed by atoms with Crippen molar-refractivity contribution in [2.24, 2.45) is 11.8 Å². The predicted molar refractivity (Wildman–Crippen MR) is 80.6 cm³/mol. The summed E-state index contributed by atoms with van der Waals surface area (Å²) in [6, 6.07) is 19.6. The SMILES string of the molecule is C1=CC2CC2C(c2ccc(-c3ccccc3)cc2)=C1. The van der Waals surface area contributed by atoms with Crippen molar-refractivity contribution < 1.29 is 0 Å². The fourth-order valence-corrected chi connectivity index (χ4v) is 3.01. The highest BCUT2D eigenvalue weighted by molar-refractivity contribution is 5.75. The topological polar surface area (TPSA) is 0 Å². The van der Waals surface area contributed by atoms with Crippen molar-refractivity contribution in [2.45, 2.75) is 6.42 Å². The van der Waals surface area contributed by atoms with Crippen LogP contribution in [0.4, 0.5) is 0 Å². The lowest BCUT2D eigenvalue weighted by molar-refractivity contribution is 0.999. The van der Waals surface area contributed by atoms with Crippen LogP contribution in [-0.2, 0) is 0 Å². The Labute approximate surface area is 114 Å². The van der Waals surface area contributed by atoms with Gasteiger partial charge in [0.2, 0.25) is 0 Å². The summed E-state index contributed by atoms with van der Waals surface area (Å²) in [5.41, 5.74) is 5.49. The third-order valence-electron chi connectivity index (χ3n) is 4.20. The Bertz CT molecular complexity index is 644. The van der Waals surface area contributed by atoms with E-state index >= 15 is 0 Å². The third-order valence-corrected chi connectivity index (χ3v) is 4.20. The molecule has 1 fully saturated rings. The molecule has 0 N–H and O–H groups in total. The first kappa shape index (κ1) is 10.8. The van der Waals surface area contributed by atoms with Crippen LogP contribution in [0.3, 0.4) is 0 Å². The first-order valence-corrected chi connectivity index (χ1v) is 6.96. The van der Waals surface area contributed by atoms with Crippen LogP contribution < -0.4 is 0 Å². The van der Waals surface area contributed by atoms with Crippen molar-refractivity contribution in [2.75, 3.05) is 0 Å². The molecule has 2 aliphatic rings. The molecule has 2 aromatic carbocycles. The van der Waals surface area contributed by atoms with Gasteiger partial charge in [0.15, 0.2) is 0 Å². The lowest BCUT2D eigenvalue weighted by Gasteiger charge is -2.10. The van der Waals surface area contributed by atoms with Crippen molar-refractivity contribution >= 4 is 5.57 Å². The number of hydrogen-bond donors (Lipinski definition) is 0. The molecule has 0 aliphatic heterocycles. The van der Waals surface area contributed by atoms with Gasteiger partial charge >= 0.3 is 0 Å². The molecule has 0 amide bonds. The molecule has 0 bridgehead atoms. The second-order valence-electron chi connectivity index (χ2n) is 5.46. The maximum Gasteiger partial charge on any atom is -0.00869 e. The molecule has 0 radical (unpaired) electrons. The smallest absolute Gasteiger partial charge is 0.00869 e. The molecule has 0 heterocycles. The van der Waals surface area contributed by atoms with Crippen LogP contribution in [0, 0.1) is 11.8 Å². The Balaban J connectivity index is 1.66. The third kappa shape index (κ3) is 1.94. The second kappa shape index (κ2) is 4.24. The summed E-state index contributed by atoms with van der Waals surface area (Å²) >= 11 is 0. The fraction of sp³-hybridized carbons (Fsp3) is 0.158. The monoisotopic (exact) mass is 244 g/mol. The highest BCUT2D eigenvalue weighted by atomic mass is 14.4. The second-order valence-corrected chi connectivity index (χ2v) is 5.46. The van der Waals surface area contributed by atoms with E-state index in [1.807, 2.05) is 0 Å². The van der Waals surface area contributed by atoms with Gasteiger partial charge in [-0.1, -0.05) is 72.8 Å². The van der Waals surface area contributed by atoms with Gasteiger partial charge in [0.25, 0.3) is 0 Å². The van der Waals surface area contributed by atoms with E-state index < -0.39 is 0 Å². The minimum Gasteiger partial charge on any atom is -0.0808 e. The molecule has 0 spiro atoms. The Hall–Kier alpha value is -2.08. The van der Waals surface area contributed by atoms with Gasteiger partial charge in [0.05, 0.1) is 0 Å². The van der Waals surface area contributed by atoms with Gasteiger partial charge in [0.1, 0.15) is 0 Å². The highest BCUT2D eigenvalue weighted by Gasteiger charge is 2.39. The predicted octanol–water partition coefficient (Wildman–Crippen LogP) is 4.94. The van der Waals surface area contributed by atoms with Gasteiger partial charge in [-0.25, -0.2) is 0 Å². The summed E-state index contributed by atoms with van der Waals surface area (Å²) in [7, 11) is 0. The normalized spacial score (nSPS) is 23.7. The molecule has 4 rings (SSSR count). The molecule has 19 heavy (non-hydrogen) atoms. The largest absolute Gasteiger partial charge is 0.0808 e. The molecule has 1 saturated carbocycles. The summed E-state index contributed by atoms with van der Waals surface area (Å²) in [4.78, 5) is 0. The first-order valence-electron chi connectivity index (χ1n) is 6.96. The molecule has 2 aliphatic carbocycles. The number of rotatable bonds is 2. The molecule has 2 aromatic rings. The fourth-order valence-electron chi connectivity index (χ4n) is 3.01. The zero-order valence-corrected chi connectivity index (χ0v) is 10.8. The van der Waals surface area contributed by atoms with Crippen LogP contribution in [0.5, 0.6) is 0 Å². The van der Waals surface area contributed by atoms with Gasteiger partial charge in [-0.2, -0.15) is 0 Å². The highest BCUT2D eigenvalue weighted by Crippen LogP contribution is 2.51. The molecule has 0 saturated heterocycles. The standard InChI is InChI=1S/C19H16/c1-2-5-14(6-3-1)15-9-11-16(12-10-15)18-8-4-7-17-13-19(17)18/h1-12,17,19H,13H2. The van der Waals surface area contributed by atoms with E-state index in [0.717, 1.165) is 11.8 Å². The molecular weight excluding hydrogens is 228 g/mol. The maximum atomic E-state index is 2.34. The van der Waals surface area contributed by atoms with Crippen molar-refractivity contribution in [3.05, 3.63) is 78.4 Å². The van der Waals surface area contributed by atoms with E-state index in [2.05, 4.69) is 72.8 Å². The van der Waals surface area contributed by atoms with Crippen molar-refractivity contribution in [1.29, 1.82) is 0 Å². The summed E-state index contributed by atoms with van der Waals surface area (Å²) in [5, 5.41) is 0. The number of allylic oxidation sites excluding steroid dienone is 4. The molecule has 2 atom stereocenters. The summed E-state index contributed by atoms with van der Waals surface area (Å²) in [6.07, 6.45) is 8.18. The van der Waals surface area contributed by atoms with Gasteiger partial charge < -0.3 is 0 Å². The van der Waals surface area contributed by atoms with Crippen LogP contribution in [0.25, 0.3) is 16.7 Å². The molecule has 2 unspecified atom stereocenters. The van der Waals surface area contributed by atoms with Crippen LogP contribution in [0.15, 0.2) is 72.8 Å². The van der Waals surface area contributed by atoms with Gasteiger partial charge in [0, 0.05) is 0 Å². The van der Waals surface area contributed by atoms with Crippen LogP contribution in [0.1, 0.15) is 12.0 Å². The lowest BCUT2D eigenvalue weighted by atomic mass is 9.95. The molecule has 0 aromatic heterocycles. The quantitative estimate of drug-likeness (QED) is 0.701. The number of hydrogen-bond acceptors (Lipinski definition) is 0. The average molecular weight is 244 g/mol. The molecule has 0 heteroatoms. The van der Waals surface area contributed by atoms with Crippen LogP contribution in [-0.4, -0.2) is 0 Å². The van der Waals surface area contributed by atoms with Gasteiger partial charge in [-0.05, 0) is 40.5 Å². The summed E-state index contributed by atoms with van der Waals surface area (Å²) < 4.78 is 0. The zero-order chi connectivity index (χ0) is 12.7. The summed E-state index contributed by atoms with van der Waals surface area (Å²) in [5.74, 6) is 1.60. The minimum atomic E-state index is 0.785. The minimum absolute atomic E-state index is 0.785. The van der Waals surface area contributed by atoms with Crippen molar-refractivity contribution in [1.82, 2.24) is 0 Å². The Morgan fingerprint density at radius 2 is 1.42 bits per heavy atom. The van der Waals surface area contributed by atoms with Gasteiger partial charge in [-0.3, -0.25) is 0 Å². The summed E-state index contributed by atoms with van der Waals surface area (Å²) in [6.45, 7) is 0. The van der Waals surface area contributed by atoms with E-state index in [1.165, 1.54) is 28.7 Å². The van der Waals surface area contributed by atoms with E-state index in [0.29, 0.717) is 0 Å². The zero-order valence-electron chi connectivity index (χ0n) is 10.8. The maximum absolute atomic E-state index is 2.34. The Morgan fingerprint density at radius 1 is 0.737 bits per heavy atom. The molecule has 0 nitrogen and oxygen atoms in total. The van der Waals surface area contributed by atoms with Gasteiger partial charge in [-0.15, -0.1) is 0 Å². The van der Waals surface area contributed by atoms with E-state index in [4.69, 9.17) is 0 Å². The van der Waals surface area contributed by atoms with E-state index in [-0.39, 0.29) is 0 Å².